The Morgan fingerprint density at radius 1 is 1.08 bits per heavy atom. The van der Waals surface area contributed by atoms with Crippen molar-refractivity contribution in [3.63, 3.8) is 0 Å². The summed E-state index contributed by atoms with van der Waals surface area (Å²) in [6.07, 6.45) is -3.17. The second-order valence-electron chi connectivity index (χ2n) is 4.85. The van der Waals surface area contributed by atoms with Gasteiger partial charge in [-0.15, -0.1) is 0 Å². The van der Waals surface area contributed by atoms with Crippen LogP contribution in [0.3, 0.4) is 0 Å². The average molecular weight is 331 g/mol. The number of ether oxygens (including phenoxy) is 1. The highest BCUT2D eigenvalue weighted by Gasteiger charge is 2.29. The molecule has 0 aliphatic rings. The van der Waals surface area contributed by atoms with Gasteiger partial charge in [-0.1, -0.05) is 12.1 Å². The lowest BCUT2D eigenvalue weighted by atomic mass is 10.0. The molecule has 2 aromatic rings. The van der Waals surface area contributed by atoms with Gasteiger partial charge in [0.1, 0.15) is 17.4 Å². The molecule has 0 aliphatic carbocycles. The number of nitrogens with zero attached hydrogens (tertiary/aromatic N) is 1. The molecular formula is C18H12F3NO2. The lowest BCUT2D eigenvalue weighted by Crippen LogP contribution is -2.04. The predicted octanol–water partition coefficient (Wildman–Crippen LogP) is 4.50. The molecule has 0 saturated heterocycles. The molecule has 2 rings (SSSR count). The van der Waals surface area contributed by atoms with Crippen LogP contribution in [0, 0.1) is 11.3 Å². The summed E-state index contributed by atoms with van der Waals surface area (Å²) in [5.41, 5.74) is -0.337. The van der Waals surface area contributed by atoms with Crippen molar-refractivity contribution < 1.29 is 22.7 Å². The molecule has 0 heterocycles. The summed E-state index contributed by atoms with van der Waals surface area (Å²) < 4.78 is 42.6. The van der Waals surface area contributed by atoms with E-state index in [0.29, 0.717) is 11.3 Å². The minimum Gasteiger partial charge on any atom is -0.497 e. The highest BCUT2D eigenvalue weighted by atomic mass is 19.4. The van der Waals surface area contributed by atoms with Gasteiger partial charge < -0.3 is 4.74 Å². The Balaban J connectivity index is 2.28. The SMILES string of the molecule is COc1ccc(C(=O)C(C#N)=Cc2ccc(C(F)(F)F)cc2)cc1. The number of carbonyl (C=O) groups is 1. The Morgan fingerprint density at radius 3 is 2.12 bits per heavy atom. The minimum absolute atomic E-state index is 0.167. The lowest BCUT2D eigenvalue weighted by Gasteiger charge is -2.06. The summed E-state index contributed by atoms with van der Waals surface area (Å²) in [6, 6.07) is 12.2. The fourth-order valence-electron chi connectivity index (χ4n) is 1.98. The lowest BCUT2D eigenvalue weighted by molar-refractivity contribution is -0.137. The van der Waals surface area contributed by atoms with Crippen molar-refractivity contribution in [2.24, 2.45) is 0 Å². The first-order valence-corrected chi connectivity index (χ1v) is 6.83. The predicted molar refractivity (Wildman–Crippen MR) is 82.4 cm³/mol. The third-order valence-electron chi connectivity index (χ3n) is 3.27. The van der Waals surface area contributed by atoms with E-state index in [-0.39, 0.29) is 11.1 Å². The number of Topliss-reactive ketones (excluding diaryl/α,β-unsaturated/α-hetero) is 1. The number of alkyl halides is 3. The van der Waals surface area contributed by atoms with Crippen molar-refractivity contribution in [1.29, 1.82) is 5.26 Å². The number of allylic oxidation sites excluding steroid dienone is 1. The monoisotopic (exact) mass is 331 g/mol. The van der Waals surface area contributed by atoms with Gasteiger partial charge in [-0.05, 0) is 48.0 Å². The van der Waals surface area contributed by atoms with Crippen LogP contribution in [0.1, 0.15) is 21.5 Å². The zero-order valence-corrected chi connectivity index (χ0v) is 12.6. The Kier molecular flexibility index (Phi) is 5.05. The van der Waals surface area contributed by atoms with E-state index in [0.717, 1.165) is 12.1 Å². The van der Waals surface area contributed by atoms with E-state index in [2.05, 4.69) is 0 Å². The van der Waals surface area contributed by atoms with Crippen LogP contribution in [-0.4, -0.2) is 12.9 Å². The molecule has 122 valence electrons. The first-order chi connectivity index (χ1) is 11.3. The van der Waals surface area contributed by atoms with Gasteiger partial charge in [0.2, 0.25) is 5.78 Å². The highest BCUT2D eigenvalue weighted by molar-refractivity contribution is 6.14. The highest BCUT2D eigenvalue weighted by Crippen LogP contribution is 2.29. The van der Waals surface area contributed by atoms with Gasteiger partial charge in [0.15, 0.2) is 0 Å². The molecule has 0 spiro atoms. The molecule has 0 aliphatic heterocycles. The van der Waals surface area contributed by atoms with Crippen molar-refractivity contribution in [2.45, 2.75) is 6.18 Å². The molecule has 0 radical (unpaired) electrons. The standard InChI is InChI=1S/C18H12F3NO2/c1-24-16-8-4-13(5-9-16)17(23)14(11-22)10-12-2-6-15(7-3-12)18(19,20)21/h2-10H,1H3. The van der Waals surface area contributed by atoms with Gasteiger partial charge in [-0.25, -0.2) is 0 Å². The second kappa shape index (κ2) is 7.01. The average Bonchev–Trinajstić information content (AvgIpc) is 2.59. The van der Waals surface area contributed by atoms with Gasteiger partial charge in [-0.3, -0.25) is 4.79 Å². The van der Waals surface area contributed by atoms with Crippen LogP contribution >= 0.6 is 0 Å². The molecular weight excluding hydrogens is 319 g/mol. The fraction of sp³-hybridized carbons (Fsp3) is 0.111. The number of carbonyl (C=O) groups excluding carboxylic acids is 1. The molecule has 0 saturated carbocycles. The van der Waals surface area contributed by atoms with Crippen molar-refractivity contribution in [2.75, 3.05) is 7.11 Å². The molecule has 0 fully saturated rings. The molecule has 0 aromatic heterocycles. The third kappa shape index (κ3) is 4.02. The summed E-state index contributed by atoms with van der Waals surface area (Å²) in [5, 5.41) is 9.16. The van der Waals surface area contributed by atoms with Gasteiger partial charge >= 0.3 is 6.18 Å². The number of methoxy groups -OCH3 is 1. The van der Waals surface area contributed by atoms with E-state index in [1.54, 1.807) is 18.2 Å². The molecule has 6 heteroatoms. The number of hydrogen-bond donors (Lipinski definition) is 0. The summed E-state index contributed by atoms with van der Waals surface area (Å²) in [6.45, 7) is 0. The molecule has 0 unspecified atom stereocenters. The van der Waals surface area contributed by atoms with Gasteiger partial charge in [0, 0.05) is 5.56 Å². The van der Waals surface area contributed by atoms with Gasteiger partial charge in [0.25, 0.3) is 0 Å². The molecule has 0 amide bonds. The Hall–Kier alpha value is -3.07. The van der Waals surface area contributed by atoms with E-state index >= 15 is 0 Å². The zero-order chi connectivity index (χ0) is 17.7. The molecule has 24 heavy (non-hydrogen) atoms. The number of halogens is 3. The number of benzene rings is 2. The summed E-state index contributed by atoms with van der Waals surface area (Å²) >= 11 is 0. The minimum atomic E-state index is -4.43. The number of rotatable bonds is 4. The molecule has 2 aromatic carbocycles. The van der Waals surface area contributed by atoms with Crippen LogP contribution in [0.4, 0.5) is 13.2 Å². The molecule has 3 nitrogen and oxygen atoms in total. The largest absolute Gasteiger partial charge is 0.497 e. The van der Waals surface area contributed by atoms with E-state index in [1.165, 1.54) is 37.5 Å². The van der Waals surface area contributed by atoms with Crippen molar-refractivity contribution in [3.8, 4) is 11.8 Å². The van der Waals surface area contributed by atoms with Crippen LogP contribution < -0.4 is 4.74 Å². The van der Waals surface area contributed by atoms with Crippen LogP contribution in [0.15, 0.2) is 54.1 Å². The Bertz CT molecular complexity index is 798. The first-order valence-electron chi connectivity index (χ1n) is 6.83. The Morgan fingerprint density at radius 2 is 1.67 bits per heavy atom. The fourth-order valence-corrected chi connectivity index (χ4v) is 1.98. The maximum atomic E-state index is 12.5. The van der Waals surface area contributed by atoms with Crippen molar-refractivity contribution >= 4 is 11.9 Å². The van der Waals surface area contributed by atoms with Crippen LogP contribution in [-0.2, 0) is 6.18 Å². The maximum Gasteiger partial charge on any atom is 0.416 e. The third-order valence-corrected chi connectivity index (χ3v) is 3.27. The summed E-state index contributed by atoms with van der Waals surface area (Å²) in [4.78, 5) is 12.3. The summed E-state index contributed by atoms with van der Waals surface area (Å²) in [5.74, 6) is 0.0526. The van der Waals surface area contributed by atoms with Gasteiger partial charge in [-0.2, -0.15) is 18.4 Å². The van der Waals surface area contributed by atoms with E-state index < -0.39 is 17.5 Å². The maximum absolute atomic E-state index is 12.5. The Labute approximate surface area is 136 Å². The smallest absolute Gasteiger partial charge is 0.416 e. The number of ketones is 1. The topological polar surface area (TPSA) is 50.1 Å². The normalized spacial score (nSPS) is 11.7. The molecule has 0 atom stereocenters. The quantitative estimate of drug-likeness (QED) is 0.471. The van der Waals surface area contributed by atoms with Gasteiger partial charge in [0.05, 0.1) is 12.7 Å². The summed E-state index contributed by atoms with van der Waals surface area (Å²) in [7, 11) is 1.49. The van der Waals surface area contributed by atoms with E-state index in [1.807, 2.05) is 0 Å². The van der Waals surface area contributed by atoms with Crippen LogP contribution in [0.2, 0.25) is 0 Å². The number of nitriles is 1. The first kappa shape index (κ1) is 17.3. The van der Waals surface area contributed by atoms with E-state index in [9.17, 15) is 18.0 Å². The van der Waals surface area contributed by atoms with Crippen LogP contribution in [0.5, 0.6) is 5.75 Å². The number of hydrogen-bond acceptors (Lipinski definition) is 3. The second-order valence-corrected chi connectivity index (χ2v) is 4.85. The molecule has 0 N–H and O–H groups in total. The van der Waals surface area contributed by atoms with Crippen LogP contribution in [0.25, 0.3) is 6.08 Å². The van der Waals surface area contributed by atoms with Crippen molar-refractivity contribution in [1.82, 2.24) is 0 Å². The zero-order valence-electron chi connectivity index (χ0n) is 12.6. The van der Waals surface area contributed by atoms with Crippen molar-refractivity contribution in [3.05, 3.63) is 70.8 Å². The molecule has 0 bridgehead atoms. The van der Waals surface area contributed by atoms with E-state index in [4.69, 9.17) is 10.00 Å².